The van der Waals surface area contributed by atoms with Gasteiger partial charge < -0.3 is 0 Å². The Morgan fingerprint density at radius 3 is 1.85 bits per heavy atom. The summed E-state index contributed by atoms with van der Waals surface area (Å²) in [5, 5.41) is 0. The molecule has 186 valence electrons. The van der Waals surface area contributed by atoms with E-state index in [1.165, 1.54) is 63.4 Å². The first-order valence-electron chi connectivity index (χ1n) is 14.1. The van der Waals surface area contributed by atoms with E-state index in [-0.39, 0.29) is 17.2 Å². The zero-order valence-electron chi connectivity index (χ0n) is 21.4. The lowest BCUT2D eigenvalue weighted by Gasteiger charge is -2.33. The summed E-state index contributed by atoms with van der Waals surface area (Å²) in [7, 11) is 0. The minimum atomic E-state index is -0.340. The Morgan fingerprint density at radius 1 is 0.765 bits per heavy atom. The van der Waals surface area contributed by atoms with Gasteiger partial charge >= 0.3 is 0 Å². The second kappa shape index (κ2) is 12.3. The molecule has 0 radical (unpaired) electrons. The Morgan fingerprint density at radius 2 is 1.29 bits per heavy atom. The van der Waals surface area contributed by atoms with Crippen LogP contribution in [-0.2, 0) is 6.42 Å². The fourth-order valence-corrected chi connectivity index (χ4v) is 6.78. The molecule has 2 aromatic rings. The van der Waals surface area contributed by atoms with Crippen molar-refractivity contribution >= 4 is 0 Å². The number of halogens is 2. The molecular formula is C32H44F2. The largest absolute Gasteiger partial charge is 0.207 e. The predicted molar refractivity (Wildman–Crippen MR) is 139 cm³/mol. The standard InChI is InChI=1S/C32H44F2/c1-3-7-30-31(33)21-29(22-32(30)34)28-18-16-25(17-19-28)11-10-24-12-14-26(15-13-24)20-23(2)27-8-5-4-6-9-27/h4-6,8-9,21-26,28H,3,7,10-20H2,1-2H3. The van der Waals surface area contributed by atoms with Gasteiger partial charge in [0.1, 0.15) is 11.6 Å². The van der Waals surface area contributed by atoms with Crippen LogP contribution in [0.1, 0.15) is 119 Å². The maximum atomic E-state index is 14.4. The van der Waals surface area contributed by atoms with Crippen LogP contribution >= 0.6 is 0 Å². The molecule has 0 spiro atoms. The second-order valence-corrected chi connectivity index (χ2v) is 11.4. The summed E-state index contributed by atoms with van der Waals surface area (Å²) < 4.78 is 28.8. The van der Waals surface area contributed by atoms with Crippen molar-refractivity contribution in [2.75, 3.05) is 0 Å². The topological polar surface area (TPSA) is 0 Å². The summed E-state index contributed by atoms with van der Waals surface area (Å²) in [6.07, 6.45) is 15.5. The fraction of sp³-hybridized carbons (Fsp3) is 0.625. The van der Waals surface area contributed by atoms with Crippen LogP contribution in [0.25, 0.3) is 0 Å². The first-order chi connectivity index (χ1) is 16.5. The van der Waals surface area contributed by atoms with Gasteiger partial charge in [-0.05, 0) is 91.4 Å². The predicted octanol–water partition coefficient (Wildman–Crippen LogP) is 9.97. The third kappa shape index (κ3) is 6.70. The smallest absolute Gasteiger partial charge is 0.129 e. The van der Waals surface area contributed by atoms with Gasteiger partial charge in [-0.1, -0.05) is 89.1 Å². The summed E-state index contributed by atoms with van der Waals surface area (Å²) in [4.78, 5) is 0. The van der Waals surface area contributed by atoms with Gasteiger partial charge in [-0.2, -0.15) is 0 Å². The molecule has 4 rings (SSSR count). The Hall–Kier alpha value is -1.70. The monoisotopic (exact) mass is 466 g/mol. The van der Waals surface area contributed by atoms with E-state index in [1.54, 1.807) is 12.1 Å². The van der Waals surface area contributed by atoms with Crippen LogP contribution in [0, 0.1) is 29.4 Å². The van der Waals surface area contributed by atoms with Crippen molar-refractivity contribution in [1.82, 2.24) is 0 Å². The molecule has 0 saturated heterocycles. The number of benzene rings is 2. The second-order valence-electron chi connectivity index (χ2n) is 11.4. The summed E-state index contributed by atoms with van der Waals surface area (Å²) in [5.41, 5.74) is 2.64. The number of hydrogen-bond donors (Lipinski definition) is 0. The summed E-state index contributed by atoms with van der Waals surface area (Å²) in [6, 6.07) is 14.2. The van der Waals surface area contributed by atoms with Crippen molar-refractivity contribution in [2.24, 2.45) is 17.8 Å². The molecule has 2 fully saturated rings. The van der Waals surface area contributed by atoms with E-state index < -0.39 is 0 Å². The lowest BCUT2D eigenvalue weighted by atomic mass is 9.73. The Kier molecular flexibility index (Phi) is 9.20. The molecular weight excluding hydrogens is 422 g/mol. The normalized spacial score (nSPS) is 26.4. The highest BCUT2D eigenvalue weighted by Gasteiger charge is 2.27. The molecule has 2 aliphatic rings. The Balaban J connectivity index is 1.16. The van der Waals surface area contributed by atoms with Crippen molar-refractivity contribution in [3.05, 3.63) is 70.8 Å². The van der Waals surface area contributed by atoms with E-state index in [2.05, 4.69) is 37.3 Å². The molecule has 0 N–H and O–H groups in total. The van der Waals surface area contributed by atoms with Gasteiger partial charge in [-0.15, -0.1) is 0 Å². The van der Waals surface area contributed by atoms with Crippen molar-refractivity contribution in [3.8, 4) is 0 Å². The van der Waals surface area contributed by atoms with Crippen LogP contribution in [0.2, 0.25) is 0 Å². The summed E-state index contributed by atoms with van der Waals surface area (Å²) in [5.74, 6) is 2.93. The molecule has 0 bridgehead atoms. The molecule has 1 unspecified atom stereocenters. The lowest BCUT2D eigenvalue weighted by molar-refractivity contribution is 0.220. The molecule has 2 saturated carbocycles. The highest BCUT2D eigenvalue weighted by molar-refractivity contribution is 5.29. The molecule has 2 aromatic carbocycles. The van der Waals surface area contributed by atoms with Gasteiger partial charge in [0.25, 0.3) is 0 Å². The SMILES string of the molecule is CCCc1c(F)cc(C2CCC(CCC3CCC(CC(C)c4ccccc4)CC3)CC2)cc1F. The molecule has 2 aliphatic carbocycles. The van der Waals surface area contributed by atoms with E-state index in [9.17, 15) is 8.78 Å². The average Bonchev–Trinajstić information content (AvgIpc) is 2.86. The van der Waals surface area contributed by atoms with E-state index in [4.69, 9.17) is 0 Å². The van der Waals surface area contributed by atoms with Crippen LogP contribution in [0.4, 0.5) is 8.78 Å². The molecule has 2 heteroatoms. The maximum absolute atomic E-state index is 14.4. The molecule has 1 atom stereocenters. The molecule has 0 amide bonds. The zero-order valence-corrected chi connectivity index (χ0v) is 21.4. The van der Waals surface area contributed by atoms with E-state index in [0.717, 1.165) is 42.6 Å². The third-order valence-corrected chi connectivity index (χ3v) is 8.99. The molecule has 0 aliphatic heterocycles. The van der Waals surface area contributed by atoms with Crippen LogP contribution in [0.5, 0.6) is 0 Å². The Labute approximate surface area is 206 Å². The third-order valence-electron chi connectivity index (χ3n) is 8.99. The lowest BCUT2D eigenvalue weighted by Crippen LogP contribution is -2.18. The van der Waals surface area contributed by atoms with E-state index >= 15 is 0 Å². The molecule has 0 heterocycles. The van der Waals surface area contributed by atoms with Crippen molar-refractivity contribution in [3.63, 3.8) is 0 Å². The Bertz CT molecular complexity index is 850. The van der Waals surface area contributed by atoms with Crippen LogP contribution in [0.15, 0.2) is 42.5 Å². The van der Waals surface area contributed by atoms with E-state index in [1.807, 2.05) is 6.92 Å². The van der Waals surface area contributed by atoms with Crippen molar-refractivity contribution in [1.29, 1.82) is 0 Å². The highest BCUT2D eigenvalue weighted by atomic mass is 19.1. The van der Waals surface area contributed by atoms with Gasteiger partial charge in [-0.3, -0.25) is 0 Å². The minimum Gasteiger partial charge on any atom is -0.207 e. The molecule has 0 aromatic heterocycles. The first-order valence-corrected chi connectivity index (χ1v) is 14.1. The fourth-order valence-electron chi connectivity index (χ4n) is 6.78. The summed E-state index contributed by atoms with van der Waals surface area (Å²) in [6.45, 7) is 4.35. The van der Waals surface area contributed by atoms with Crippen molar-refractivity contribution < 1.29 is 8.78 Å². The summed E-state index contributed by atoms with van der Waals surface area (Å²) >= 11 is 0. The van der Waals surface area contributed by atoms with Crippen LogP contribution < -0.4 is 0 Å². The highest BCUT2D eigenvalue weighted by Crippen LogP contribution is 2.41. The molecule has 0 nitrogen and oxygen atoms in total. The van der Waals surface area contributed by atoms with Crippen molar-refractivity contribution in [2.45, 2.75) is 109 Å². The molecule has 34 heavy (non-hydrogen) atoms. The van der Waals surface area contributed by atoms with Crippen LogP contribution in [0.3, 0.4) is 0 Å². The minimum absolute atomic E-state index is 0.268. The van der Waals surface area contributed by atoms with Gasteiger partial charge in [0, 0.05) is 5.56 Å². The quantitative estimate of drug-likeness (QED) is 0.345. The average molecular weight is 467 g/mol. The van der Waals surface area contributed by atoms with Gasteiger partial charge in [0.05, 0.1) is 0 Å². The van der Waals surface area contributed by atoms with Gasteiger partial charge in [-0.25, -0.2) is 8.78 Å². The van der Waals surface area contributed by atoms with E-state index in [0.29, 0.717) is 18.3 Å². The van der Waals surface area contributed by atoms with Gasteiger partial charge in [0.2, 0.25) is 0 Å². The first kappa shape index (κ1) is 25.4. The zero-order chi connectivity index (χ0) is 23.9. The van der Waals surface area contributed by atoms with Crippen LogP contribution in [-0.4, -0.2) is 0 Å². The number of hydrogen-bond acceptors (Lipinski definition) is 0. The maximum Gasteiger partial charge on any atom is 0.129 e. The number of rotatable bonds is 9. The van der Waals surface area contributed by atoms with Gasteiger partial charge in [0.15, 0.2) is 0 Å².